The van der Waals surface area contributed by atoms with Gasteiger partial charge in [0, 0.05) is 6.42 Å². The Labute approximate surface area is 70.6 Å². The molecule has 0 saturated carbocycles. The first kappa shape index (κ1) is 10.8. The molecule has 0 rings (SSSR count). The Morgan fingerprint density at radius 3 is 2.83 bits per heavy atom. The van der Waals surface area contributed by atoms with Crippen LogP contribution >= 0.6 is 0 Å². The quantitative estimate of drug-likeness (QED) is 0.269. The predicted octanol–water partition coefficient (Wildman–Crippen LogP) is -0.531. The molecule has 0 aliphatic carbocycles. The second-order valence-corrected chi connectivity index (χ2v) is 2.19. The zero-order valence-electron chi connectivity index (χ0n) is 7.19. The molecule has 2 N–H and O–H groups in total. The average Bonchev–Trinajstić information content (AvgIpc) is 2.11. The minimum absolute atomic E-state index is 0.104. The van der Waals surface area contributed by atoms with Crippen molar-refractivity contribution in [2.24, 2.45) is 10.8 Å². The number of hydrogen-bond acceptors (Lipinski definition) is 5. The molecule has 0 radical (unpaired) electrons. The van der Waals surface area contributed by atoms with Crippen LogP contribution in [0.25, 0.3) is 0 Å². The molecular formula is C6H13N3O3. The third kappa shape index (κ3) is 3.87. The summed E-state index contributed by atoms with van der Waals surface area (Å²) in [6.45, 7) is 0.104. The third-order valence-electron chi connectivity index (χ3n) is 1.36. The van der Waals surface area contributed by atoms with Gasteiger partial charge in [0.1, 0.15) is 6.04 Å². The molecule has 0 bridgehead atoms. The second kappa shape index (κ2) is 5.48. The molecular weight excluding hydrogens is 162 g/mol. The fourth-order valence-corrected chi connectivity index (χ4v) is 0.619. The molecule has 12 heavy (non-hydrogen) atoms. The molecule has 1 atom stereocenters. The topological polar surface area (TPSA) is 90.8 Å². The van der Waals surface area contributed by atoms with Crippen LogP contribution in [0.5, 0.6) is 0 Å². The summed E-state index contributed by atoms with van der Waals surface area (Å²) in [7, 11) is 2.62. The lowest BCUT2D eigenvalue weighted by Gasteiger charge is -2.06. The normalized spacial score (nSPS) is 14.1. The molecule has 0 aromatic heterocycles. The van der Waals surface area contributed by atoms with Crippen molar-refractivity contribution >= 4 is 5.97 Å². The summed E-state index contributed by atoms with van der Waals surface area (Å²) >= 11 is 0. The Morgan fingerprint density at radius 2 is 2.42 bits per heavy atom. The number of esters is 1. The van der Waals surface area contributed by atoms with Crippen molar-refractivity contribution in [3.05, 3.63) is 5.21 Å². The van der Waals surface area contributed by atoms with Gasteiger partial charge < -0.3 is 15.7 Å². The second-order valence-electron chi connectivity index (χ2n) is 2.19. The first-order valence-corrected chi connectivity index (χ1v) is 3.49. The summed E-state index contributed by atoms with van der Waals surface area (Å²) < 4.78 is 4.36. The Balaban J connectivity index is 3.71. The molecule has 0 aromatic rings. The van der Waals surface area contributed by atoms with E-state index in [1.165, 1.54) is 14.2 Å². The maximum atomic E-state index is 10.7. The number of hydroxylamine groups is 1. The molecule has 0 heterocycles. The number of methoxy groups -OCH3 is 1. The summed E-state index contributed by atoms with van der Waals surface area (Å²) in [5.74, 6) is -0.514. The maximum absolute atomic E-state index is 10.7. The number of rotatable bonds is 4. The number of carbonyl (C=O) groups is 1. The highest BCUT2D eigenvalue weighted by atomic mass is 16.5. The molecule has 0 unspecified atom stereocenters. The van der Waals surface area contributed by atoms with Crippen LogP contribution in [0.3, 0.4) is 0 Å². The van der Waals surface area contributed by atoms with E-state index in [4.69, 9.17) is 5.73 Å². The third-order valence-corrected chi connectivity index (χ3v) is 1.36. The van der Waals surface area contributed by atoms with Gasteiger partial charge in [-0.1, -0.05) is 4.86 Å². The highest BCUT2D eigenvalue weighted by Crippen LogP contribution is 1.91. The Kier molecular flexibility index (Phi) is 4.94. The van der Waals surface area contributed by atoms with Gasteiger partial charge in [-0.05, 0) is 5.11 Å². The summed E-state index contributed by atoms with van der Waals surface area (Å²) in [6.07, 6.45) is 0.244. The van der Waals surface area contributed by atoms with Crippen molar-refractivity contribution in [2.45, 2.75) is 12.5 Å². The average molecular weight is 175 g/mol. The van der Waals surface area contributed by atoms with E-state index in [0.29, 0.717) is 4.86 Å². The van der Waals surface area contributed by atoms with Crippen LogP contribution in [0.4, 0.5) is 0 Å². The Bertz CT molecular complexity index is 181. The van der Waals surface area contributed by atoms with E-state index in [1.807, 2.05) is 0 Å². The van der Waals surface area contributed by atoms with Gasteiger partial charge in [0.15, 0.2) is 6.54 Å². The number of nitrogens with zero attached hydrogens (tertiary/aromatic N) is 2. The standard InChI is InChI=1S/C6H13N3O3/c1-8-9(11)4-3-5(7)6(10)12-2/h5H,3-4,7H2,1-2H3/t5-/m0/s1. The fourth-order valence-electron chi connectivity index (χ4n) is 0.619. The van der Waals surface area contributed by atoms with Crippen LogP contribution in [0.15, 0.2) is 5.11 Å². The summed E-state index contributed by atoms with van der Waals surface area (Å²) in [5, 5.41) is 13.9. The van der Waals surface area contributed by atoms with Gasteiger partial charge in [0.05, 0.1) is 14.2 Å². The van der Waals surface area contributed by atoms with Crippen molar-refractivity contribution in [1.29, 1.82) is 0 Å². The van der Waals surface area contributed by atoms with Gasteiger partial charge in [-0.3, -0.25) is 4.79 Å². The largest absolute Gasteiger partial charge is 0.600 e. The number of carbonyl (C=O) groups excluding carboxylic acids is 1. The first-order chi connectivity index (χ1) is 5.61. The van der Waals surface area contributed by atoms with Crippen molar-refractivity contribution in [3.8, 4) is 0 Å². The van der Waals surface area contributed by atoms with Crippen molar-refractivity contribution in [1.82, 2.24) is 0 Å². The lowest BCUT2D eigenvalue weighted by atomic mass is 10.2. The van der Waals surface area contributed by atoms with E-state index >= 15 is 0 Å². The Morgan fingerprint density at radius 1 is 1.83 bits per heavy atom. The van der Waals surface area contributed by atoms with Gasteiger partial charge >= 0.3 is 5.97 Å². The monoisotopic (exact) mass is 175 g/mol. The molecule has 0 saturated heterocycles. The van der Waals surface area contributed by atoms with Crippen LogP contribution < -0.4 is 5.73 Å². The summed E-state index contributed by atoms with van der Waals surface area (Å²) in [5.41, 5.74) is 5.35. The van der Waals surface area contributed by atoms with Crippen LogP contribution in [0.2, 0.25) is 0 Å². The van der Waals surface area contributed by atoms with Crippen LogP contribution in [0, 0.1) is 5.21 Å². The lowest BCUT2D eigenvalue weighted by Crippen LogP contribution is -2.33. The van der Waals surface area contributed by atoms with E-state index in [1.54, 1.807) is 0 Å². The molecule has 0 aliphatic rings. The smallest absolute Gasteiger partial charge is 0.322 e. The lowest BCUT2D eigenvalue weighted by molar-refractivity contribution is -0.528. The molecule has 0 aromatic carbocycles. The van der Waals surface area contributed by atoms with E-state index < -0.39 is 12.0 Å². The highest BCUT2D eigenvalue weighted by molar-refractivity contribution is 5.75. The SMILES string of the molecule is CN=[N+]([O-])CC[C@H](N)C(=O)OC. The molecule has 6 heteroatoms. The van der Waals surface area contributed by atoms with E-state index in [0.717, 1.165) is 0 Å². The number of hydrogen-bond donors (Lipinski definition) is 1. The number of ether oxygens (including phenoxy) is 1. The molecule has 6 nitrogen and oxygen atoms in total. The predicted molar refractivity (Wildman–Crippen MR) is 41.5 cm³/mol. The van der Waals surface area contributed by atoms with Crippen LogP contribution in [0.1, 0.15) is 6.42 Å². The molecule has 0 spiro atoms. The molecule has 0 fully saturated rings. The van der Waals surface area contributed by atoms with E-state index in [-0.39, 0.29) is 13.0 Å². The van der Waals surface area contributed by atoms with Gasteiger partial charge in [-0.15, -0.1) is 0 Å². The van der Waals surface area contributed by atoms with Crippen molar-refractivity contribution in [2.75, 3.05) is 20.7 Å². The maximum Gasteiger partial charge on any atom is 0.322 e. The molecule has 70 valence electrons. The fraction of sp³-hybridized carbons (Fsp3) is 0.833. The molecule has 0 amide bonds. The summed E-state index contributed by atoms with van der Waals surface area (Å²) in [4.78, 5) is 11.2. The summed E-state index contributed by atoms with van der Waals surface area (Å²) in [6, 6.07) is -0.742. The highest BCUT2D eigenvalue weighted by Gasteiger charge is 2.14. The zero-order valence-corrected chi connectivity index (χ0v) is 7.19. The minimum atomic E-state index is -0.742. The van der Waals surface area contributed by atoms with Crippen LogP contribution in [-0.2, 0) is 9.53 Å². The first-order valence-electron chi connectivity index (χ1n) is 3.49. The zero-order chi connectivity index (χ0) is 9.56. The van der Waals surface area contributed by atoms with Gasteiger partial charge in [0.2, 0.25) is 0 Å². The number of nitrogens with two attached hydrogens (primary N) is 1. The Hall–Kier alpha value is -1.17. The van der Waals surface area contributed by atoms with E-state index in [2.05, 4.69) is 9.85 Å². The van der Waals surface area contributed by atoms with Crippen molar-refractivity contribution in [3.63, 3.8) is 0 Å². The van der Waals surface area contributed by atoms with Gasteiger partial charge in [0.25, 0.3) is 0 Å². The van der Waals surface area contributed by atoms with Gasteiger partial charge in [-0.25, -0.2) is 0 Å². The van der Waals surface area contributed by atoms with E-state index in [9.17, 15) is 10.0 Å². The minimum Gasteiger partial charge on any atom is -0.600 e. The van der Waals surface area contributed by atoms with Gasteiger partial charge in [-0.2, -0.15) is 0 Å². The van der Waals surface area contributed by atoms with Crippen LogP contribution in [-0.4, -0.2) is 37.6 Å². The van der Waals surface area contributed by atoms with Crippen molar-refractivity contribution < 1.29 is 14.4 Å². The molecule has 0 aliphatic heterocycles. The number of azo groups is 1.